The topological polar surface area (TPSA) is 58.6 Å². The molecule has 82 valence electrons. The van der Waals surface area contributed by atoms with Crippen molar-refractivity contribution in [2.24, 2.45) is 0 Å². The van der Waals surface area contributed by atoms with Crippen LogP contribution in [0.1, 0.15) is 24.2 Å². The highest BCUT2D eigenvalue weighted by molar-refractivity contribution is 5.94. The van der Waals surface area contributed by atoms with Crippen molar-refractivity contribution < 1.29 is 14.6 Å². The molecule has 2 N–H and O–H groups in total. The summed E-state index contributed by atoms with van der Waals surface area (Å²) < 4.78 is 5.04. The first-order chi connectivity index (χ1) is 7.04. The number of hydrogen-bond donors (Lipinski definition) is 2. The van der Waals surface area contributed by atoms with E-state index in [2.05, 4.69) is 5.32 Å². The lowest BCUT2D eigenvalue weighted by molar-refractivity contribution is 0.0698. The zero-order valence-corrected chi connectivity index (χ0v) is 9.07. The smallest absolute Gasteiger partial charge is 0.337 e. The van der Waals surface area contributed by atoms with Crippen molar-refractivity contribution in [3.63, 3.8) is 0 Å². The Hall–Kier alpha value is -1.71. The molecule has 0 amide bonds. The van der Waals surface area contributed by atoms with Crippen LogP contribution in [0.5, 0.6) is 5.75 Å². The van der Waals surface area contributed by atoms with Crippen LogP contribution in [0.2, 0.25) is 0 Å². The first-order valence-electron chi connectivity index (χ1n) is 4.72. The standard InChI is InChI=1S/C11H15NO3/c1-7(2)12-10-6-8(15-3)4-5-9(10)11(13)14/h4-7,12H,1-3H3,(H,13,14). The molecule has 0 aliphatic heterocycles. The average molecular weight is 209 g/mol. The number of nitrogens with one attached hydrogen (secondary N) is 1. The summed E-state index contributed by atoms with van der Waals surface area (Å²) in [6.45, 7) is 3.90. The van der Waals surface area contributed by atoms with Gasteiger partial charge in [0.2, 0.25) is 0 Å². The van der Waals surface area contributed by atoms with Gasteiger partial charge in [0.25, 0.3) is 0 Å². The minimum atomic E-state index is -0.944. The van der Waals surface area contributed by atoms with Crippen molar-refractivity contribution in [1.29, 1.82) is 0 Å². The Kier molecular flexibility index (Phi) is 3.55. The molecule has 0 heterocycles. The molecule has 1 aromatic rings. The van der Waals surface area contributed by atoms with E-state index in [4.69, 9.17) is 9.84 Å². The van der Waals surface area contributed by atoms with Crippen LogP contribution in [0.25, 0.3) is 0 Å². The fourth-order valence-electron chi connectivity index (χ4n) is 1.27. The summed E-state index contributed by atoms with van der Waals surface area (Å²) in [5.74, 6) is -0.302. The van der Waals surface area contributed by atoms with Crippen molar-refractivity contribution in [2.45, 2.75) is 19.9 Å². The lowest BCUT2D eigenvalue weighted by Crippen LogP contribution is -2.13. The third-order valence-corrected chi connectivity index (χ3v) is 1.90. The molecule has 0 aromatic heterocycles. The van der Waals surface area contributed by atoms with Crippen LogP contribution in [-0.4, -0.2) is 24.2 Å². The fourth-order valence-corrected chi connectivity index (χ4v) is 1.27. The van der Waals surface area contributed by atoms with Gasteiger partial charge in [0, 0.05) is 12.1 Å². The van der Waals surface area contributed by atoms with Gasteiger partial charge in [0.1, 0.15) is 5.75 Å². The molecular formula is C11H15NO3. The van der Waals surface area contributed by atoms with E-state index >= 15 is 0 Å². The monoisotopic (exact) mass is 209 g/mol. The van der Waals surface area contributed by atoms with Gasteiger partial charge in [0.05, 0.1) is 18.4 Å². The van der Waals surface area contributed by atoms with Crippen LogP contribution in [0.4, 0.5) is 5.69 Å². The summed E-state index contributed by atoms with van der Waals surface area (Å²) in [7, 11) is 1.55. The number of rotatable bonds is 4. The Morgan fingerprint density at radius 2 is 2.13 bits per heavy atom. The van der Waals surface area contributed by atoms with E-state index in [1.54, 1.807) is 19.2 Å². The highest BCUT2D eigenvalue weighted by Gasteiger charge is 2.11. The quantitative estimate of drug-likeness (QED) is 0.798. The van der Waals surface area contributed by atoms with Crippen LogP contribution >= 0.6 is 0 Å². The Bertz CT molecular complexity index is 361. The second-order valence-electron chi connectivity index (χ2n) is 3.52. The van der Waals surface area contributed by atoms with Crippen LogP contribution < -0.4 is 10.1 Å². The van der Waals surface area contributed by atoms with Crippen molar-refractivity contribution in [3.8, 4) is 5.75 Å². The number of hydrogen-bond acceptors (Lipinski definition) is 3. The van der Waals surface area contributed by atoms with Crippen molar-refractivity contribution >= 4 is 11.7 Å². The van der Waals surface area contributed by atoms with Gasteiger partial charge in [-0.3, -0.25) is 0 Å². The molecule has 0 fully saturated rings. The second kappa shape index (κ2) is 4.68. The van der Waals surface area contributed by atoms with Crippen LogP contribution in [0.15, 0.2) is 18.2 Å². The van der Waals surface area contributed by atoms with E-state index in [0.29, 0.717) is 11.4 Å². The summed E-state index contributed by atoms with van der Waals surface area (Å²) >= 11 is 0. The molecule has 0 aliphatic carbocycles. The number of anilines is 1. The molecule has 0 bridgehead atoms. The molecule has 1 rings (SSSR count). The third kappa shape index (κ3) is 2.87. The van der Waals surface area contributed by atoms with Crippen molar-refractivity contribution in [2.75, 3.05) is 12.4 Å². The Balaban J connectivity index is 3.10. The maximum atomic E-state index is 10.9. The molecule has 15 heavy (non-hydrogen) atoms. The Morgan fingerprint density at radius 1 is 1.47 bits per heavy atom. The largest absolute Gasteiger partial charge is 0.497 e. The highest BCUT2D eigenvalue weighted by Crippen LogP contribution is 2.23. The van der Waals surface area contributed by atoms with Crippen molar-refractivity contribution in [1.82, 2.24) is 0 Å². The van der Waals surface area contributed by atoms with E-state index in [9.17, 15) is 4.79 Å². The number of carboxylic acids is 1. The molecule has 1 aromatic carbocycles. The molecule has 0 atom stereocenters. The Morgan fingerprint density at radius 3 is 2.60 bits per heavy atom. The SMILES string of the molecule is COc1ccc(C(=O)O)c(NC(C)C)c1. The maximum absolute atomic E-state index is 10.9. The first-order valence-corrected chi connectivity index (χ1v) is 4.72. The highest BCUT2D eigenvalue weighted by atomic mass is 16.5. The minimum absolute atomic E-state index is 0.176. The molecular weight excluding hydrogens is 194 g/mol. The summed E-state index contributed by atoms with van der Waals surface area (Å²) in [5.41, 5.74) is 0.835. The van der Waals surface area contributed by atoms with Gasteiger partial charge in [-0.2, -0.15) is 0 Å². The summed E-state index contributed by atoms with van der Waals surface area (Å²) in [5, 5.41) is 12.0. The average Bonchev–Trinajstić information content (AvgIpc) is 2.16. The minimum Gasteiger partial charge on any atom is -0.497 e. The molecule has 0 saturated heterocycles. The Labute approximate surface area is 88.9 Å². The zero-order valence-electron chi connectivity index (χ0n) is 9.07. The van der Waals surface area contributed by atoms with E-state index in [-0.39, 0.29) is 11.6 Å². The van der Waals surface area contributed by atoms with Gasteiger partial charge >= 0.3 is 5.97 Å². The van der Waals surface area contributed by atoms with E-state index in [0.717, 1.165) is 0 Å². The van der Waals surface area contributed by atoms with E-state index < -0.39 is 5.97 Å². The number of methoxy groups -OCH3 is 1. The molecule has 0 radical (unpaired) electrons. The molecule has 4 nitrogen and oxygen atoms in total. The number of benzene rings is 1. The van der Waals surface area contributed by atoms with Gasteiger partial charge in [-0.25, -0.2) is 4.79 Å². The third-order valence-electron chi connectivity index (χ3n) is 1.90. The lowest BCUT2D eigenvalue weighted by atomic mass is 10.1. The van der Waals surface area contributed by atoms with Crippen LogP contribution in [0, 0.1) is 0 Å². The lowest BCUT2D eigenvalue weighted by Gasteiger charge is -2.13. The van der Waals surface area contributed by atoms with Crippen molar-refractivity contribution in [3.05, 3.63) is 23.8 Å². The molecule has 0 spiro atoms. The van der Waals surface area contributed by atoms with Gasteiger partial charge < -0.3 is 15.2 Å². The number of carboxylic acid groups (broad SMARTS) is 1. The predicted molar refractivity (Wildman–Crippen MR) is 58.7 cm³/mol. The maximum Gasteiger partial charge on any atom is 0.337 e. The van der Waals surface area contributed by atoms with Gasteiger partial charge in [-0.1, -0.05) is 0 Å². The predicted octanol–water partition coefficient (Wildman–Crippen LogP) is 2.21. The van der Waals surface area contributed by atoms with Crippen LogP contribution in [0.3, 0.4) is 0 Å². The van der Waals surface area contributed by atoms with E-state index in [1.807, 2.05) is 13.8 Å². The second-order valence-corrected chi connectivity index (χ2v) is 3.52. The summed E-state index contributed by atoms with van der Waals surface area (Å²) in [4.78, 5) is 10.9. The van der Waals surface area contributed by atoms with Crippen LogP contribution in [-0.2, 0) is 0 Å². The van der Waals surface area contributed by atoms with E-state index in [1.165, 1.54) is 6.07 Å². The normalized spacial score (nSPS) is 10.1. The van der Waals surface area contributed by atoms with Gasteiger partial charge in [-0.15, -0.1) is 0 Å². The summed E-state index contributed by atoms with van der Waals surface area (Å²) in [6.07, 6.45) is 0. The molecule has 0 unspecified atom stereocenters. The number of carbonyl (C=O) groups is 1. The molecule has 4 heteroatoms. The summed E-state index contributed by atoms with van der Waals surface area (Å²) in [6, 6.07) is 5.03. The molecule has 0 saturated carbocycles. The zero-order chi connectivity index (χ0) is 11.4. The number of ether oxygens (including phenoxy) is 1. The molecule has 0 aliphatic rings. The van der Waals surface area contributed by atoms with Gasteiger partial charge in [0.15, 0.2) is 0 Å². The number of aromatic carboxylic acids is 1. The first kappa shape index (κ1) is 11.4. The van der Waals surface area contributed by atoms with Gasteiger partial charge in [-0.05, 0) is 26.0 Å². The fraction of sp³-hybridized carbons (Fsp3) is 0.364.